The highest BCUT2D eigenvalue weighted by molar-refractivity contribution is 5.80. The highest BCUT2D eigenvalue weighted by Crippen LogP contribution is 2.13. The van der Waals surface area contributed by atoms with Gasteiger partial charge in [-0.15, -0.1) is 0 Å². The molecule has 0 saturated carbocycles. The number of benzene rings is 1. The van der Waals surface area contributed by atoms with Crippen LogP contribution in [-0.2, 0) is 6.54 Å². The van der Waals surface area contributed by atoms with E-state index in [1.807, 2.05) is 29.2 Å². The Hall–Kier alpha value is -2.30. The second-order valence-electron chi connectivity index (χ2n) is 4.98. The van der Waals surface area contributed by atoms with Crippen LogP contribution in [0.1, 0.15) is 25.8 Å². The van der Waals surface area contributed by atoms with Gasteiger partial charge in [0.25, 0.3) is 0 Å². The summed E-state index contributed by atoms with van der Waals surface area (Å²) in [6.45, 7) is 5.01. The van der Waals surface area contributed by atoms with Crippen molar-refractivity contribution in [3.63, 3.8) is 0 Å². The lowest BCUT2D eigenvalue weighted by atomic mass is 10.1. The van der Waals surface area contributed by atoms with Gasteiger partial charge in [0.1, 0.15) is 0 Å². The summed E-state index contributed by atoms with van der Waals surface area (Å²) < 4.78 is 2.02. The van der Waals surface area contributed by atoms with Crippen molar-refractivity contribution in [1.82, 2.24) is 20.2 Å². The predicted molar refractivity (Wildman–Crippen MR) is 86.7 cm³/mol. The van der Waals surface area contributed by atoms with Crippen LogP contribution in [0.5, 0.6) is 0 Å². The molecule has 112 valence electrons. The van der Waals surface area contributed by atoms with Crippen molar-refractivity contribution in [3.8, 4) is 5.69 Å². The van der Waals surface area contributed by atoms with Gasteiger partial charge in [0.05, 0.1) is 12.0 Å². The summed E-state index contributed by atoms with van der Waals surface area (Å²) in [5, 5.41) is 6.72. The molecule has 1 aromatic heterocycles. The van der Waals surface area contributed by atoms with Gasteiger partial charge in [0.2, 0.25) is 0 Å². The minimum atomic E-state index is 0.403. The number of imidazole rings is 1. The van der Waals surface area contributed by atoms with Gasteiger partial charge in [-0.05, 0) is 25.0 Å². The number of aromatic nitrogens is 2. The molecule has 0 saturated heterocycles. The number of hydrogen-bond donors (Lipinski definition) is 2. The van der Waals surface area contributed by atoms with E-state index in [-0.39, 0.29) is 0 Å². The molecule has 1 aromatic carbocycles. The van der Waals surface area contributed by atoms with Crippen molar-refractivity contribution in [2.75, 3.05) is 7.05 Å². The first kappa shape index (κ1) is 15.1. The van der Waals surface area contributed by atoms with Crippen molar-refractivity contribution < 1.29 is 0 Å². The maximum atomic E-state index is 4.26. The lowest BCUT2D eigenvalue weighted by molar-refractivity contribution is 0.624. The van der Waals surface area contributed by atoms with Crippen LogP contribution in [0.25, 0.3) is 5.69 Å². The van der Waals surface area contributed by atoms with Gasteiger partial charge in [0.15, 0.2) is 5.96 Å². The first-order valence-corrected chi connectivity index (χ1v) is 7.28. The van der Waals surface area contributed by atoms with E-state index in [2.05, 4.69) is 46.6 Å². The van der Waals surface area contributed by atoms with Gasteiger partial charge in [0, 0.05) is 32.0 Å². The Labute approximate surface area is 126 Å². The van der Waals surface area contributed by atoms with Crippen molar-refractivity contribution in [2.24, 2.45) is 4.99 Å². The minimum Gasteiger partial charge on any atom is -0.354 e. The average Bonchev–Trinajstić information content (AvgIpc) is 3.05. The van der Waals surface area contributed by atoms with E-state index in [0.29, 0.717) is 12.6 Å². The molecule has 0 spiro atoms. The maximum absolute atomic E-state index is 4.26. The number of aliphatic imine (C=N–C) groups is 1. The fourth-order valence-corrected chi connectivity index (χ4v) is 2.02. The lowest BCUT2D eigenvalue weighted by Crippen LogP contribution is -2.41. The predicted octanol–water partition coefficient (Wildman–Crippen LogP) is 2.34. The Balaban J connectivity index is 2.07. The Bertz CT molecular complexity index is 574. The molecule has 2 N–H and O–H groups in total. The molecule has 0 bridgehead atoms. The van der Waals surface area contributed by atoms with Crippen molar-refractivity contribution in [1.29, 1.82) is 0 Å². The molecule has 0 radical (unpaired) electrons. The molecule has 0 aliphatic rings. The van der Waals surface area contributed by atoms with Crippen LogP contribution in [0, 0.1) is 0 Å². The zero-order chi connectivity index (χ0) is 15.1. The fourth-order valence-electron chi connectivity index (χ4n) is 2.02. The van der Waals surface area contributed by atoms with E-state index in [1.54, 1.807) is 13.2 Å². The van der Waals surface area contributed by atoms with E-state index >= 15 is 0 Å². The SMILES string of the molecule is CCC(C)NC(=NC)NCc1ccccc1-n1ccnc1. The number of hydrogen-bond acceptors (Lipinski definition) is 2. The van der Waals surface area contributed by atoms with Gasteiger partial charge in [-0.3, -0.25) is 4.99 Å². The topological polar surface area (TPSA) is 54.2 Å². The third-order valence-electron chi connectivity index (χ3n) is 3.44. The third kappa shape index (κ3) is 4.08. The summed E-state index contributed by atoms with van der Waals surface area (Å²) >= 11 is 0. The molecule has 5 nitrogen and oxygen atoms in total. The summed E-state index contributed by atoms with van der Waals surface area (Å²) in [5.41, 5.74) is 2.32. The monoisotopic (exact) mass is 285 g/mol. The fraction of sp³-hybridized carbons (Fsp3) is 0.375. The second-order valence-corrected chi connectivity index (χ2v) is 4.98. The normalized spacial score (nSPS) is 13.0. The Morgan fingerprint density at radius 3 is 2.86 bits per heavy atom. The Morgan fingerprint density at radius 2 is 2.19 bits per heavy atom. The van der Waals surface area contributed by atoms with E-state index in [4.69, 9.17) is 0 Å². The Kier molecular flexibility index (Phi) is 5.37. The molecule has 0 fully saturated rings. The van der Waals surface area contributed by atoms with Gasteiger partial charge < -0.3 is 15.2 Å². The van der Waals surface area contributed by atoms with E-state index in [0.717, 1.165) is 18.1 Å². The maximum Gasteiger partial charge on any atom is 0.191 e. The van der Waals surface area contributed by atoms with Crippen LogP contribution in [0.3, 0.4) is 0 Å². The van der Waals surface area contributed by atoms with Gasteiger partial charge >= 0.3 is 0 Å². The van der Waals surface area contributed by atoms with Crippen LogP contribution in [0.4, 0.5) is 0 Å². The molecular weight excluding hydrogens is 262 g/mol. The van der Waals surface area contributed by atoms with Crippen LogP contribution in [0.15, 0.2) is 48.0 Å². The minimum absolute atomic E-state index is 0.403. The number of nitrogens with one attached hydrogen (secondary N) is 2. The standard InChI is InChI=1S/C16H23N5/c1-4-13(2)20-16(17-3)19-11-14-7-5-6-8-15(14)21-10-9-18-12-21/h5-10,12-13H,4,11H2,1-3H3,(H2,17,19,20). The molecule has 0 aliphatic carbocycles. The van der Waals surface area contributed by atoms with Crippen LogP contribution >= 0.6 is 0 Å². The van der Waals surface area contributed by atoms with Crippen molar-refractivity contribution in [3.05, 3.63) is 48.5 Å². The number of para-hydroxylation sites is 1. The molecule has 21 heavy (non-hydrogen) atoms. The largest absolute Gasteiger partial charge is 0.354 e. The van der Waals surface area contributed by atoms with E-state index < -0.39 is 0 Å². The quantitative estimate of drug-likeness (QED) is 0.655. The van der Waals surface area contributed by atoms with E-state index in [9.17, 15) is 0 Å². The number of nitrogens with zero attached hydrogens (tertiary/aromatic N) is 3. The molecule has 1 atom stereocenters. The molecule has 0 amide bonds. The van der Waals surface area contributed by atoms with Crippen LogP contribution in [-0.4, -0.2) is 28.6 Å². The molecule has 2 aromatic rings. The van der Waals surface area contributed by atoms with Crippen LogP contribution in [0.2, 0.25) is 0 Å². The molecule has 1 unspecified atom stereocenters. The van der Waals surface area contributed by atoms with Gasteiger partial charge in [-0.1, -0.05) is 25.1 Å². The highest BCUT2D eigenvalue weighted by atomic mass is 15.2. The summed E-state index contributed by atoms with van der Waals surface area (Å²) in [7, 11) is 1.79. The van der Waals surface area contributed by atoms with Crippen LogP contribution < -0.4 is 10.6 Å². The van der Waals surface area contributed by atoms with E-state index in [1.165, 1.54) is 5.56 Å². The Morgan fingerprint density at radius 1 is 1.38 bits per heavy atom. The summed E-state index contributed by atoms with van der Waals surface area (Å²) in [6, 6.07) is 8.68. The third-order valence-corrected chi connectivity index (χ3v) is 3.44. The first-order valence-electron chi connectivity index (χ1n) is 7.28. The summed E-state index contributed by atoms with van der Waals surface area (Å²) in [6.07, 6.45) is 6.61. The zero-order valence-corrected chi connectivity index (χ0v) is 12.9. The molecular formula is C16H23N5. The summed E-state index contributed by atoms with van der Waals surface area (Å²) in [5.74, 6) is 0.824. The lowest BCUT2D eigenvalue weighted by Gasteiger charge is -2.17. The first-order chi connectivity index (χ1) is 10.2. The summed E-state index contributed by atoms with van der Waals surface area (Å²) in [4.78, 5) is 8.37. The smallest absolute Gasteiger partial charge is 0.191 e. The average molecular weight is 285 g/mol. The molecule has 0 aliphatic heterocycles. The van der Waals surface area contributed by atoms with Crippen molar-refractivity contribution >= 4 is 5.96 Å². The molecule has 1 heterocycles. The second kappa shape index (κ2) is 7.47. The van der Waals surface area contributed by atoms with Gasteiger partial charge in [-0.2, -0.15) is 0 Å². The number of guanidine groups is 1. The van der Waals surface area contributed by atoms with Gasteiger partial charge in [-0.25, -0.2) is 4.98 Å². The molecule has 2 rings (SSSR count). The number of rotatable bonds is 5. The molecule has 5 heteroatoms. The highest BCUT2D eigenvalue weighted by Gasteiger charge is 2.06. The zero-order valence-electron chi connectivity index (χ0n) is 12.9. The van der Waals surface area contributed by atoms with Crippen molar-refractivity contribution in [2.45, 2.75) is 32.9 Å².